The number of aliphatic carboxylic acids is 1. The number of nitrogens with two attached hydrogens (primary N) is 1. The van der Waals surface area contributed by atoms with Crippen LogP contribution in [0.25, 0.3) is 0 Å². The minimum atomic E-state index is -5.08. The molecule has 0 radical (unpaired) electrons. The summed E-state index contributed by atoms with van der Waals surface area (Å²) in [5, 5.41) is 13.1. The molecule has 1 aliphatic rings. The Morgan fingerprint density at radius 3 is 2.00 bits per heavy atom. The second-order valence-corrected chi connectivity index (χ2v) is 8.01. The lowest BCUT2D eigenvalue weighted by Crippen LogP contribution is -2.39. The van der Waals surface area contributed by atoms with E-state index in [0.29, 0.717) is 19.0 Å². The average Bonchev–Trinajstić information content (AvgIpc) is 2.65. The van der Waals surface area contributed by atoms with Crippen LogP contribution in [0, 0.1) is 17.8 Å². The quantitative estimate of drug-likeness (QED) is 0.551. The number of nitrogens with one attached hydrogen (secondary N) is 2. The Balaban J connectivity index is 0.000000553. The molecule has 0 heterocycles. The fourth-order valence-corrected chi connectivity index (χ4v) is 3.75. The molecule has 1 saturated carbocycles. The topological polar surface area (TPSA) is 104 Å². The molecule has 0 bridgehead atoms. The Kier molecular flexibility index (Phi) is 10.7. The number of carboxylic acids is 1. The van der Waals surface area contributed by atoms with Crippen LogP contribution in [0.5, 0.6) is 0 Å². The van der Waals surface area contributed by atoms with Gasteiger partial charge in [0.1, 0.15) is 0 Å². The van der Waals surface area contributed by atoms with E-state index >= 15 is 0 Å². The van der Waals surface area contributed by atoms with Gasteiger partial charge in [0, 0.05) is 13.1 Å². The summed E-state index contributed by atoms with van der Waals surface area (Å²) < 4.78 is 31.7. The number of alkyl halides is 3. The van der Waals surface area contributed by atoms with Gasteiger partial charge in [0.25, 0.3) is 0 Å². The van der Waals surface area contributed by atoms with Gasteiger partial charge >= 0.3 is 18.2 Å². The minimum absolute atomic E-state index is 0.0677. The van der Waals surface area contributed by atoms with Gasteiger partial charge < -0.3 is 21.5 Å². The summed E-state index contributed by atoms with van der Waals surface area (Å²) in [6, 6.07) is 8.19. The highest BCUT2D eigenvalue weighted by atomic mass is 19.4. The number of urea groups is 1. The number of hydrogen-bond donors (Lipinski definition) is 4. The van der Waals surface area contributed by atoms with E-state index < -0.39 is 12.1 Å². The largest absolute Gasteiger partial charge is 0.490 e. The zero-order chi connectivity index (χ0) is 22.7. The van der Waals surface area contributed by atoms with E-state index in [4.69, 9.17) is 15.6 Å². The van der Waals surface area contributed by atoms with Gasteiger partial charge in [-0.15, -0.1) is 0 Å². The van der Waals surface area contributed by atoms with Crippen LogP contribution in [0.3, 0.4) is 0 Å². The summed E-state index contributed by atoms with van der Waals surface area (Å²) in [6.45, 7) is 6.65. The molecule has 1 aromatic carbocycles. The maximum atomic E-state index is 12.0. The van der Waals surface area contributed by atoms with Crippen LogP contribution in [0.1, 0.15) is 44.2 Å². The first-order valence-electron chi connectivity index (χ1n) is 10.1. The Morgan fingerprint density at radius 1 is 1.03 bits per heavy atom. The predicted octanol–water partition coefficient (Wildman–Crippen LogP) is 3.69. The fraction of sp³-hybridized carbons (Fsp3) is 0.619. The van der Waals surface area contributed by atoms with E-state index in [-0.39, 0.29) is 6.03 Å². The zero-order valence-electron chi connectivity index (χ0n) is 17.5. The van der Waals surface area contributed by atoms with Crippen LogP contribution >= 0.6 is 0 Å². The van der Waals surface area contributed by atoms with E-state index in [1.165, 1.54) is 24.8 Å². The van der Waals surface area contributed by atoms with Gasteiger partial charge in [-0.1, -0.05) is 38.1 Å². The SMILES string of the molecule is CC1CC(C)CC(CNC(=O)NCc2ccc(CCN)cc2)C1.O=C(O)C(F)(F)F. The van der Waals surface area contributed by atoms with Crippen LogP contribution in [0.15, 0.2) is 24.3 Å². The second-order valence-electron chi connectivity index (χ2n) is 8.01. The van der Waals surface area contributed by atoms with Gasteiger partial charge in [0.05, 0.1) is 0 Å². The van der Waals surface area contributed by atoms with Crippen molar-refractivity contribution in [1.29, 1.82) is 0 Å². The predicted molar refractivity (Wildman–Crippen MR) is 109 cm³/mol. The molecule has 1 aliphatic carbocycles. The molecule has 6 nitrogen and oxygen atoms in total. The van der Waals surface area contributed by atoms with Crippen LogP contribution in [-0.4, -0.2) is 36.4 Å². The van der Waals surface area contributed by atoms with Crippen molar-refractivity contribution in [3.05, 3.63) is 35.4 Å². The highest BCUT2D eigenvalue weighted by Gasteiger charge is 2.38. The number of carbonyl (C=O) groups excluding carboxylic acids is 1. The highest BCUT2D eigenvalue weighted by molar-refractivity contribution is 5.73. The maximum Gasteiger partial charge on any atom is 0.490 e. The van der Waals surface area contributed by atoms with Gasteiger partial charge in [-0.05, 0) is 61.1 Å². The summed E-state index contributed by atoms with van der Waals surface area (Å²) in [5.74, 6) is -0.580. The normalized spacial score (nSPS) is 21.2. The van der Waals surface area contributed by atoms with Crippen molar-refractivity contribution in [3.8, 4) is 0 Å². The van der Waals surface area contributed by atoms with Crippen molar-refractivity contribution >= 4 is 12.0 Å². The molecular formula is C21H32F3N3O3. The molecule has 2 rings (SSSR count). The van der Waals surface area contributed by atoms with E-state index in [1.54, 1.807) is 0 Å². The number of halogens is 3. The lowest BCUT2D eigenvalue weighted by Gasteiger charge is -2.31. The lowest BCUT2D eigenvalue weighted by atomic mass is 9.77. The third-order valence-electron chi connectivity index (χ3n) is 4.98. The van der Waals surface area contributed by atoms with Crippen molar-refractivity contribution < 1.29 is 27.9 Å². The highest BCUT2D eigenvalue weighted by Crippen LogP contribution is 2.32. The molecule has 1 aromatic rings. The average molecular weight is 431 g/mol. The molecule has 170 valence electrons. The van der Waals surface area contributed by atoms with Gasteiger partial charge in [0.15, 0.2) is 0 Å². The molecule has 2 unspecified atom stereocenters. The number of benzene rings is 1. The molecule has 2 atom stereocenters. The van der Waals surface area contributed by atoms with Crippen LogP contribution in [0.4, 0.5) is 18.0 Å². The van der Waals surface area contributed by atoms with Crippen molar-refractivity contribution in [2.45, 2.75) is 52.3 Å². The van der Waals surface area contributed by atoms with Gasteiger partial charge in [-0.3, -0.25) is 0 Å². The molecule has 1 fully saturated rings. The Bertz CT molecular complexity index is 656. The first-order valence-corrected chi connectivity index (χ1v) is 10.1. The van der Waals surface area contributed by atoms with Crippen LogP contribution in [0.2, 0.25) is 0 Å². The molecule has 0 aromatic heterocycles. The Hall–Kier alpha value is -2.29. The van der Waals surface area contributed by atoms with E-state index in [0.717, 1.165) is 30.4 Å². The number of carboxylic acid groups (broad SMARTS) is 1. The number of rotatable bonds is 6. The molecule has 0 saturated heterocycles. The van der Waals surface area contributed by atoms with Crippen LogP contribution in [-0.2, 0) is 17.8 Å². The summed E-state index contributed by atoms with van der Waals surface area (Å²) in [5.41, 5.74) is 7.89. The molecular weight excluding hydrogens is 399 g/mol. The van der Waals surface area contributed by atoms with E-state index in [9.17, 15) is 18.0 Å². The van der Waals surface area contributed by atoms with E-state index in [1.807, 2.05) is 0 Å². The van der Waals surface area contributed by atoms with E-state index in [2.05, 4.69) is 48.7 Å². The monoisotopic (exact) mass is 431 g/mol. The summed E-state index contributed by atoms with van der Waals surface area (Å²) in [6.07, 6.45) is -0.407. The molecule has 5 N–H and O–H groups in total. The Labute approximate surface area is 175 Å². The summed E-state index contributed by atoms with van der Waals surface area (Å²) >= 11 is 0. The van der Waals surface area contributed by atoms with Gasteiger partial charge in [-0.25, -0.2) is 9.59 Å². The molecule has 2 amide bonds. The van der Waals surface area contributed by atoms with Crippen LogP contribution < -0.4 is 16.4 Å². The number of hydrogen-bond acceptors (Lipinski definition) is 3. The lowest BCUT2D eigenvalue weighted by molar-refractivity contribution is -0.192. The Morgan fingerprint density at radius 2 is 1.53 bits per heavy atom. The first-order chi connectivity index (χ1) is 14.0. The standard InChI is InChI=1S/C19H31N3O.C2HF3O2/c1-14-9-15(2)11-18(10-14)13-22-19(23)21-12-17-5-3-16(4-6-17)7-8-20;3-2(4,5)1(6)7/h3-6,14-15,18H,7-13,20H2,1-2H3,(H2,21,22,23);(H,6,7). The second kappa shape index (κ2) is 12.4. The summed E-state index contributed by atoms with van der Waals surface area (Å²) in [7, 11) is 0. The van der Waals surface area contributed by atoms with Crippen molar-refractivity contribution in [3.63, 3.8) is 0 Å². The fourth-order valence-electron chi connectivity index (χ4n) is 3.75. The first kappa shape index (κ1) is 25.7. The molecule has 0 spiro atoms. The third-order valence-corrected chi connectivity index (χ3v) is 4.98. The smallest absolute Gasteiger partial charge is 0.475 e. The zero-order valence-corrected chi connectivity index (χ0v) is 17.5. The summed E-state index contributed by atoms with van der Waals surface area (Å²) in [4.78, 5) is 20.8. The molecule has 30 heavy (non-hydrogen) atoms. The molecule has 0 aliphatic heterocycles. The third kappa shape index (κ3) is 10.5. The minimum Gasteiger partial charge on any atom is -0.475 e. The number of carbonyl (C=O) groups is 2. The maximum absolute atomic E-state index is 12.0. The number of amides is 2. The van der Waals surface area contributed by atoms with Gasteiger partial charge in [-0.2, -0.15) is 13.2 Å². The van der Waals surface area contributed by atoms with Crippen molar-refractivity contribution in [2.24, 2.45) is 23.5 Å². The van der Waals surface area contributed by atoms with Crippen molar-refractivity contribution in [2.75, 3.05) is 13.1 Å². The van der Waals surface area contributed by atoms with Gasteiger partial charge in [0.2, 0.25) is 0 Å². The van der Waals surface area contributed by atoms with Crippen molar-refractivity contribution in [1.82, 2.24) is 10.6 Å². The molecule has 9 heteroatoms.